The smallest absolute Gasteiger partial charge is 0.227 e. The van der Waals surface area contributed by atoms with E-state index in [1.165, 1.54) is 6.07 Å². The van der Waals surface area contributed by atoms with Crippen molar-refractivity contribution in [2.45, 2.75) is 0 Å². The van der Waals surface area contributed by atoms with Crippen molar-refractivity contribution in [3.63, 3.8) is 0 Å². The van der Waals surface area contributed by atoms with Crippen LogP contribution in [-0.2, 0) is 4.74 Å². The summed E-state index contributed by atoms with van der Waals surface area (Å²) in [6.45, 7) is 0.888. The van der Waals surface area contributed by atoms with Gasteiger partial charge in [0.1, 0.15) is 11.8 Å². The van der Waals surface area contributed by atoms with E-state index >= 15 is 0 Å². The van der Waals surface area contributed by atoms with Crippen LogP contribution in [-0.4, -0.2) is 30.3 Å². The first kappa shape index (κ1) is 10.5. The third-order valence-corrected chi connectivity index (χ3v) is 1.54. The molecule has 1 heterocycles. The van der Waals surface area contributed by atoms with Crippen LogP contribution in [0.25, 0.3) is 0 Å². The van der Waals surface area contributed by atoms with Gasteiger partial charge in [0.2, 0.25) is 11.2 Å². The van der Waals surface area contributed by atoms with Gasteiger partial charge in [-0.25, -0.2) is 4.98 Å². The van der Waals surface area contributed by atoms with Crippen molar-refractivity contribution in [3.8, 4) is 5.88 Å². The zero-order chi connectivity index (χ0) is 9.68. The molecule has 1 aromatic heterocycles. The predicted molar refractivity (Wildman–Crippen MR) is 49.4 cm³/mol. The molecule has 0 aliphatic carbocycles. The Kier molecular flexibility index (Phi) is 4.21. The lowest BCUT2D eigenvalue weighted by Gasteiger charge is -2.03. The number of hydrogen-bond donors (Lipinski definition) is 0. The van der Waals surface area contributed by atoms with Gasteiger partial charge in [0, 0.05) is 13.2 Å². The van der Waals surface area contributed by atoms with E-state index in [2.05, 4.69) is 9.97 Å². The second-order valence-corrected chi connectivity index (χ2v) is 2.86. The molecule has 0 aromatic carbocycles. The van der Waals surface area contributed by atoms with Gasteiger partial charge >= 0.3 is 0 Å². The number of rotatable bonds is 4. The van der Waals surface area contributed by atoms with Crippen LogP contribution in [0.4, 0.5) is 0 Å². The maximum atomic E-state index is 5.62. The van der Waals surface area contributed by atoms with Crippen LogP contribution >= 0.6 is 23.2 Å². The van der Waals surface area contributed by atoms with E-state index in [4.69, 9.17) is 32.7 Å². The zero-order valence-electron chi connectivity index (χ0n) is 6.96. The van der Waals surface area contributed by atoms with Crippen molar-refractivity contribution < 1.29 is 9.47 Å². The third-order valence-electron chi connectivity index (χ3n) is 1.18. The molecule has 0 fully saturated rings. The molecule has 0 atom stereocenters. The highest BCUT2D eigenvalue weighted by Gasteiger charge is 2.01. The second-order valence-electron chi connectivity index (χ2n) is 2.14. The zero-order valence-corrected chi connectivity index (χ0v) is 8.47. The molecule has 13 heavy (non-hydrogen) atoms. The molecule has 72 valence electrons. The summed E-state index contributed by atoms with van der Waals surface area (Å²) in [5, 5.41) is 0.326. The molecule has 0 aliphatic rings. The van der Waals surface area contributed by atoms with Crippen molar-refractivity contribution in [2.24, 2.45) is 0 Å². The van der Waals surface area contributed by atoms with Crippen molar-refractivity contribution in [2.75, 3.05) is 20.3 Å². The van der Waals surface area contributed by atoms with Crippen LogP contribution in [0.2, 0.25) is 10.4 Å². The molecule has 0 bridgehead atoms. The Morgan fingerprint density at radius 2 is 2.08 bits per heavy atom. The Labute approximate surface area is 85.8 Å². The standard InChI is InChI=1S/C7H8Cl2N2O2/c1-12-2-3-13-6-4-5(8)10-7(9)11-6/h4H,2-3H2,1H3. The van der Waals surface area contributed by atoms with Crippen molar-refractivity contribution in [1.82, 2.24) is 9.97 Å². The largest absolute Gasteiger partial charge is 0.475 e. The summed E-state index contributed by atoms with van der Waals surface area (Å²) in [6.07, 6.45) is 0. The maximum Gasteiger partial charge on any atom is 0.227 e. The van der Waals surface area contributed by atoms with Crippen LogP contribution in [0.3, 0.4) is 0 Å². The van der Waals surface area contributed by atoms with E-state index < -0.39 is 0 Å². The Balaban J connectivity index is 2.56. The van der Waals surface area contributed by atoms with E-state index in [1.807, 2.05) is 0 Å². The van der Waals surface area contributed by atoms with Crippen LogP contribution in [0.15, 0.2) is 6.07 Å². The summed E-state index contributed by atoms with van der Waals surface area (Å²) in [5.74, 6) is 0.349. The van der Waals surface area contributed by atoms with Crippen LogP contribution < -0.4 is 4.74 Å². The van der Waals surface area contributed by atoms with Gasteiger partial charge < -0.3 is 9.47 Å². The van der Waals surface area contributed by atoms with Gasteiger partial charge in [-0.15, -0.1) is 0 Å². The third kappa shape index (κ3) is 3.76. The Bertz CT molecular complexity index is 263. The summed E-state index contributed by atoms with van der Waals surface area (Å²) in [7, 11) is 1.59. The van der Waals surface area contributed by atoms with Gasteiger partial charge in [-0.3, -0.25) is 0 Å². The SMILES string of the molecule is COCCOc1cc(Cl)nc(Cl)n1. The fourth-order valence-corrected chi connectivity index (χ4v) is 1.07. The molecule has 0 amide bonds. The van der Waals surface area contributed by atoms with Crippen LogP contribution in [0.5, 0.6) is 5.88 Å². The van der Waals surface area contributed by atoms with E-state index in [0.717, 1.165) is 0 Å². The number of methoxy groups -OCH3 is 1. The molecule has 1 rings (SSSR count). The lowest BCUT2D eigenvalue weighted by Crippen LogP contribution is -2.05. The summed E-state index contributed by atoms with van der Waals surface area (Å²) in [5.41, 5.74) is 0. The quantitative estimate of drug-likeness (QED) is 0.443. The number of aromatic nitrogens is 2. The fourth-order valence-electron chi connectivity index (χ4n) is 0.674. The van der Waals surface area contributed by atoms with Crippen molar-refractivity contribution in [3.05, 3.63) is 16.5 Å². The molecule has 0 saturated carbocycles. The number of ether oxygens (including phenoxy) is 2. The Morgan fingerprint density at radius 3 is 2.69 bits per heavy atom. The average molecular weight is 223 g/mol. The van der Waals surface area contributed by atoms with Gasteiger partial charge in [0.05, 0.1) is 6.61 Å². The summed E-state index contributed by atoms with van der Waals surface area (Å²) < 4.78 is 9.95. The molecular weight excluding hydrogens is 215 g/mol. The summed E-state index contributed by atoms with van der Waals surface area (Å²) >= 11 is 11.2. The van der Waals surface area contributed by atoms with Gasteiger partial charge in [0.15, 0.2) is 0 Å². The highest BCUT2D eigenvalue weighted by Crippen LogP contribution is 2.15. The summed E-state index contributed by atoms with van der Waals surface area (Å²) in [4.78, 5) is 7.47. The van der Waals surface area contributed by atoms with Crippen LogP contribution in [0, 0.1) is 0 Å². The van der Waals surface area contributed by atoms with Crippen LogP contribution in [0.1, 0.15) is 0 Å². The van der Waals surface area contributed by atoms with Crippen molar-refractivity contribution >= 4 is 23.2 Å². The molecule has 0 aliphatic heterocycles. The normalized spacial score (nSPS) is 10.1. The Hall–Kier alpha value is -0.580. The molecule has 0 N–H and O–H groups in total. The molecule has 1 aromatic rings. The molecule has 0 radical (unpaired) electrons. The van der Waals surface area contributed by atoms with E-state index in [0.29, 0.717) is 19.1 Å². The minimum atomic E-state index is 0.0694. The van der Waals surface area contributed by atoms with Gasteiger partial charge in [-0.1, -0.05) is 11.6 Å². The molecule has 0 unspecified atom stereocenters. The molecule has 6 heteroatoms. The molecule has 4 nitrogen and oxygen atoms in total. The average Bonchev–Trinajstić information content (AvgIpc) is 2.03. The first-order chi connectivity index (χ1) is 6.22. The van der Waals surface area contributed by atoms with Gasteiger partial charge in [0.25, 0.3) is 0 Å². The Morgan fingerprint density at radius 1 is 1.31 bits per heavy atom. The number of halogens is 2. The predicted octanol–water partition coefficient (Wildman–Crippen LogP) is 1.81. The second kappa shape index (κ2) is 5.21. The minimum absolute atomic E-state index is 0.0694. The highest BCUT2D eigenvalue weighted by molar-refractivity contribution is 6.31. The van der Waals surface area contributed by atoms with E-state index in [1.54, 1.807) is 7.11 Å². The van der Waals surface area contributed by atoms with Crippen molar-refractivity contribution in [1.29, 1.82) is 0 Å². The highest BCUT2D eigenvalue weighted by atomic mass is 35.5. The topological polar surface area (TPSA) is 44.2 Å². The summed E-state index contributed by atoms with van der Waals surface area (Å²) in [6, 6.07) is 1.49. The molecular formula is C7H8Cl2N2O2. The van der Waals surface area contributed by atoms with E-state index in [-0.39, 0.29) is 10.4 Å². The minimum Gasteiger partial charge on any atom is -0.475 e. The number of nitrogens with zero attached hydrogens (tertiary/aromatic N) is 2. The van der Waals surface area contributed by atoms with Gasteiger partial charge in [-0.05, 0) is 11.6 Å². The first-order valence-electron chi connectivity index (χ1n) is 3.54. The lowest BCUT2D eigenvalue weighted by atomic mass is 10.6. The number of hydrogen-bond acceptors (Lipinski definition) is 4. The molecule has 0 saturated heterocycles. The maximum absolute atomic E-state index is 5.62. The monoisotopic (exact) mass is 222 g/mol. The van der Waals surface area contributed by atoms with Gasteiger partial charge in [-0.2, -0.15) is 4.98 Å². The van der Waals surface area contributed by atoms with E-state index in [9.17, 15) is 0 Å². The molecule has 0 spiro atoms. The fraction of sp³-hybridized carbons (Fsp3) is 0.429. The lowest BCUT2D eigenvalue weighted by molar-refractivity contribution is 0.143. The first-order valence-corrected chi connectivity index (χ1v) is 4.30.